The third kappa shape index (κ3) is 8.24. The summed E-state index contributed by atoms with van der Waals surface area (Å²) in [6, 6.07) is 17.6. The summed E-state index contributed by atoms with van der Waals surface area (Å²) in [6.07, 6.45) is -0.960. The number of hydrogen-bond donors (Lipinski definition) is 3. The molecule has 0 aliphatic carbocycles. The van der Waals surface area contributed by atoms with Crippen molar-refractivity contribution in [1.82, 2.24) is 10.6 Å². The summed E-state index contributed by atoms with van der Waals surface area (Å²) >= 11 is 0. The molecule has 0 radical (unpaired) electrons. The van der Waals surface area contributed by atoms with Crippen molar-refractivity contribution < 1.29 is 23.5 Å². The van der Waals surface area contributed by atoms with Gasteiger partial charge in [-0.1, -0.05) is 42.5 Å². The SMILES string of the molecule is CC(=O)N[C@@H](Cc1cc(F)cc(F)c1)[C@H](O)CNCc1cc(C(C)=O)ccc1-c1ccccc1.Cl. The second-order valence-corrected chi connectivity index (χ2v) is 8.28. The lowest BCUT2D eigenvalue weighted by Crippen LogP contribution is -2.48. The molecular formula is C27H29ClF2N2O3. The van der Waals surface area contributed by atoms with Gasteiger partial charge in [0.15, 0.2) is 5.78 Å². The highest BCUT2D eigenvalue weighted by Gasteiger charge is 2.21. The van der Waals surface area contributed by atoms with E-state index in [-0.39, 0.29) is 37.1 Å². The first kappa shape index (κ1) is 28.1. The molecule has 3 rings (SSSR count). The highest BCUT2D eigenvalue weighted by atomic mass is 35.5. The van der Waals surface area contributed by atoms with Crippen molar-refractivity contribution in [2.75, 3.05) is 6.54 Å². The molecule has 3 aromatic carbocycles. The number of ketones is 1. The van der Waals surface area contributed by atoms with Crippen molar-refractivity contribution in [2.24, 2.45) is 0 Å². The van der Waals surface area contributed by atoms with E-state index in [2.05, 4.69) is 10.6 Å². The fourth-order valence-electron chi connectivity index (χ4n) is 3.88. The lowest BCUT2D eigenvalue weighted by Gasteiger charge is -2.24. The molecule has 0 spiro atoms. The number of benzene rings is 3. The first-order chi connectivity index (χ1) is 16.2. The molecule has 8 heteroatoms. The Morgan fingerprint density at radius 3 is 2.20 bits per heavy atom. The van der Waals surface area contributed by atoms with Crippen LogP contribution in [0.2, 0.25) is 0 Å². The van der Waals surface area contributed by atoms with Gasteiger partial charge in [0.2, 0.25) is 5.91 Å². The highest BCUT2D eigenvalue weighted by molar-refractivity contribution is 5.95. The van der Waals surface area contributed by atoms with E-state index in [1.54, 1.807) is 6.07 Å². The standard InChI is InChI=1S/C27H28F2N2O3.ClH/c1-17(32)21-8-9-25(20-6-4-3-5-7-20)22(13-21)15-30-16-27(34)26(31-18(2)33)12-19-10-23(28)14-24(29)11-19;/h3-11,13-14,26-27,30,34H,12,15-16H2,1-2H3,(H,31,33);1H/t26-,27+;/m0./s1. The van der Waals surface area contributed by atoms with Crippen molar-refractivity contribution in [3.05, 3.63) is 95.1 Å². The van der Waals surface area contributed by atoms with Gasteiger partial charge in [0.05, 0.1) is 12.1 Å². The average Bonchev–Trinajstić information content (AvgIpc) is 2.78. The molecule has 0 fully saturated rings. The molecule has 2 atom stereocenters. The predicted molar refractivity (Wildman–Crippen MR) is 135 cm³/mol. The summed E-state index contributed by atoms with van der Waals surface area (Å²) < 4.78 is 27.1. The summed E-state index contributed by atoms with van der Waals surface area (Å²) in [4.78, 5) is 23.5. The van der Waals surface area contributed by atoms with E-state index in [0.29, 0.717) is 17.7 Å². The molecule has 0 saturated carbocycles. The number of carbonyl (C=O) groups is 2. The largest absolute Gasteiger partial charge is 0.390 e. The molecule has 0 unspecified atom stereocenters. The summed E-state index contributed by atoms with van der Waals surface area (Å²) in [6.45, 7) is 3.30. The minimum atomic E-state index is -1.02. The Morgan fingerprint density at radius 1 is 0.943 bits per heavy atom. The van der Waals surface area contributed by atoms with Crippen LogP contribution in [-0.4, -0.2) is 35.5 Å². The van der Waals surface area contributed by atoms with Gasteiger partial charge in [0, 0.05) is 31.6 Å². The van der Waals surface area contributed by atoms with Gasteiger partial charge in [-0.15, -0.1) is 12.4 Å². The van der Waals surface area contributed by atoms with Crippen LogP contribution in [0.1, 0.15) is 35.3 Å². The maximum atomic E-state index is 13.6. The Kier molecular flexibility index (Phi) is 10.5. The van der Waals surface area contributed by atoms with Crippen LogP contribution < -0.4 is 10.6 Å². The maximum Gasteiger partial charge on any atom is 0.217 e. The first-order valence-electron chi connectivity index (χ1n) is 11.0. The molecule has 0 heterocycles. The lowest BCUT2D eigenvalue weighted by molar-refractivity contribution is -0.120. The van der Waals surface area contributed by atoms with Crippen LogP contribution >= 0.6 is 12.4 Å². The summed E-state index contributed by atoms with van der Waals surface area (Å²) in [7, 11) is 0. The Bertz CT molecular complexity index is 1140. The zero-order valence-corrected chi connectivity index (χ0v) is 20.4. The van der Waals surface area contributed by atoms with Gasteiger partial charge in [-0.25, -0.2) is 8.78 Å². The third-order valence-electron chi connectivity index (χ3n) is 5.50. The molecule has 5 nitrogen and oxygen atoms in total. The predicted octanol–water partition coefficient (Wildman–Crippen LogP) is 4.45. The van der Waals surface area contributed by atoms with Crippen LogP contribution in [0.4, 0.5) is 8.78 Å². The molecule has 0 bridgehead atoms. The van der Waals surface area contributed by atoms with Crippen LogP contribution in [0.5, 0.6) is 0 Å². The fourth-order valence-corrected chi connectivity index (χ4v) is 3.88. The minimum Gasteiger partial charge on any atom is -0.390 e. The molecule has 0 aromatic heterocycles. The Hall–Kier alpha value is -3.13. The van der Waals surface area contributed by atoms with Crippen LogP contribution in [0.25, 0.3) is 11.1 Å². The molecule has 186 valence electrons. The zero-order valence-electron chi connectivity index (χ0n) is 19.6. The average molecular weight is 503 g/mol. The quantitative estimate of drug-likeness (QED) is 0.358. The van der Waals surface area contributed by atoms with Crippen molar-refractivity contribution >= 4 is 24.1 Å². The van der Waals surface area contributed by atoms with E-state index in [1.807, 2.05) is 42.5 Å². The lowest BCUT2D eigenvalue weighted by atomic mass is 9.96. The van der Waals surface area contributed by atoms with E-state index < -0.39 is 23.8 Å². The summed E-state index contributed by atoms with van der Waals surface area (Å²) in [5.41, 5.74) is 3.76. The number of amides is 1. The second kappa shape index (κ2) is 13.1. The molecule has 35 heavy (non-hydrogen) atoms. The van der Waals surface area contributed by atoms with Gasteiger partial charge in [-0.05, 0) is 53.8 Å². The van der Waals surface area contributed by atoms with Crippen molar-refractivity contribution in [1.29, 1.82) is 0 Å². The fraction of sp³-hybridized carbons (Fsp3) is 0.259. The van der Waals surface area contributed by atoms with E-state index >= 15 is 0 Å². The van der Waals surface area contributed by atoms with Crippen LogP contribution in [-0.2, 0) is 17.8 Å². The maximum absolute atomic E-state index is 13.6. The number of rotatable bonds is 10. The van der Waals surface area contributed by atoms with Crippen molar-refractivity contribution in [2.45, 2.75) is 39.0 Å². The van der Waals surface area contributed by atoms with Crippen molar-refractivity contribution in [3.63, 3.8) is 0 Å². The van der Waals surface area contributed by atoms with Crippen LogP contribution in [0.15, 0.2) is 66.7 Å². The van der Waals surface area contributed by atoms with E-state index in [0.717, 1.165) is 22.8 Å². The van der Waals surface area contributed by atoms with Gasteiger partial charge in [-0.3, -0.25) is 9.59 Å². The molecule has 0 aliphatic heterocycles. The number of aliphatic hydroxyl groups excluding tert-OH is 1. The normalized spacial score (nSPS) is 12.4. The number of carbonyl (C=O) groups excluding carboxylic acids is 2. The van der Waals surface area contributed by atoms with E-state index in [1.165, 1.54) is 26.0 Å². The Balaban J connectivity index is 0.00000432. The van der Waals surface area contributed by atoms with E-state index in [4.69, 9.17) is 0 Å². The Labute approximate surface area is 210 Å². The van der Waals surface area contributed by atoms with Gasteiger partial charge < -0.3 is 15.7 Å². The molecule has 1 amide bonds. The zero-order chi connectivity index (χ0) is 24.7. The molecule has 3 aromatic rings. The van der Waals surface area contributed by atoms with Crippen LogP contribution in [0.3, 0.4) is 0 Å². The van der Waals surface area contributed by atoms with Gasteiger partial charge in [0.1, 0.15) is 11.6 Å². The molecule has 0 saturated heterocycles. The minimum absolute atomic E-state index is 0. The summed E-state index contributed by atoms with van der Waals surface area (Å²) in [5, 5.41) is 16.6. The number of nitrogens with one attached hydrogen (secondary N) is 2. The van der Waals surface area contributed by atoms with Gasteiger partial charge in [0.25, 0.3) is 0 Å². The monoisotopic (exact) mass is 502 g/mol. The number of aliphatic hydroxyl groups is 1. The van der Waals surface area contributed by atoms with Gasteiger partial charge in [-0.2, -0.15) is 0 Å². The topological polar surface area (TPSA) is 78.4 Å². The highest BCUT2D eigenvalue weighted by Crippen LogP contribution is 2.25. The third-order valence-corrected chi connectivity index (χ3v) is 5.50. The van der Waals surface area contributed by atoms with Gasteiger partial charge >= 0.3 is 0 Å². The first-order valence-corrected chi connectivity index (χ1v) is 11.0. The molecule has 0 aliphatic rings. The smallest absolute Gasteiger partial charge is 0.217 e. The number of Topliss-reactive ketones (excluding diaryl/α,β-unsaturated/α-hetero) is 1. The number of halogens is 3. The molecular weight excluding hydrogens is 474 g/mol. The van der Waals surface area contributed by atoms with Crippen LogP contribution in [0, 0.1) is 11.6 Å². The Morgan fingerprint density at radius 2 is 1.60 bits per heavy atom. The molecule has 3 N–H and O–H groups in total. The van der Waals surface area contributed by atoms with E-state index in [9.17, 15) is 23.5 Å². The summed E-state index contributed by atoms with van der Waals surface area (Å²) in [5.74, 6) is -1.85. The second-order valence-electron chi connectivity index (χ2n) is 8.28. The number of hydrogen-bond acceptors (Lipinski definition) is 4. The van der Waals surface area contributed by atoms with Crippen molar-refractivity contribution in [3.8, 4) is 11.1 Å².